The summed E-state index contributed by atoms with van der Waals surface area (Å²) in [4.78, 5) is 23.4. The number of nitrogens with zero attached hydrogens (tertiary/aromatic N) is 5. The second-order valence-corrected chi connectivity index (χ2v) is 8.14. The zero-order valence-electron chi connectivity index (χ0n) is 16.6. The van der Waals surface area contributed by atoms with E-state index in [-0.39, 0.29) is 5.97 Å². The number of rotatable bonds is 7. The molecule has 3 heterocycles. The molecule has 154 valence electrons. The zero-order chi connectivity index (χ0) is 21.1. The second kappa shape index (κ2) is 8.91. The summed E-state index contributed by atoms with van der Waals surface area (Å²) >= 11 is 7.73. The number of fused-ring (bicyclic) bond motifs is 1. The number of hydrogen-bond donors (Lipinski definition) is 0. The summed E-state index contributed by atoms with van der Waals surface area (Å²) in [5.41, 5.74) is 2.77. The van der Waals surface area contributed by atoms with Crippen molar-refractivity contribution in [2.24, 2.45) is 0 Å². The normalized spacial score (nSPS) is 11.3. The van der Waals surface area contributed by atoms with E-state index in [9.17, 15) is 4.79 Å². The molecule has 0 radical (unpaired) electrons. The van der Waals surface area contributed by atoms with Crippen molar-refractivity contribution in [3.8, 4) is 5.69 Å². The molecule has 0 aliphatic carbocycles. The predicted octanol–water partition coefficient (Wildman–Crippen LogP) is 4.34. The van der Waals surface area contributed by atoms with Gasteiger partial charge in [-0.25, -0.2) is 14.5 Å². The maximum Gasteiger partial charge on any atom is 0.341 e. The molecule has 30 heavy (non-hydrogen) atoms. The van der Waals surface area contributed by atoms with Gasteiger partial charge in [-0.15, -0.1) is 11.3 Å². The van der Waals surface area contributed by atoms with Crippen molar-refractivity contribution in [1.29, 1.82) is 0 Å². The van der Waals surface area contributed by atoms with Crippen LogP contribution in [0.5, 0.6) is 0 Å². The fraction of sp³-hybridized carbons (Fsp3) is 0.238. The number of pyridine rings is 1. The summed E-state index contributed by atoms with van der Waals surface area (Å²) in [6.45, 7) is 3.24. The van der Waals surface area contributed by atoms with E-state index in [1.165, 1.54) is 0 Å². The molecule has 0 spiro atoms. The van der Waals surface area contributed by atoms with Gasteiger partial charge >= 0.3 is 5.97 Å². The highest BCUT2D eigenvalue weighted by Gasteiger charge is 2.22. The van der Waals surface area contributed by atoms with Crippen LogP contribution in [0.4, 0.5) is 0 Å². The van der Waals surface area contributed by atoms with Crippen molar-refractivity contribution in [2.45, 2.75) is 20.0 Å². The van der Waals surface area contributed by atoms with Crippen molar-refractivity contribution >= 4 is 39.8 Å². The minimum Gasteiger partial charge on any atom is -0.462 e. The number of thiazole rings is 1. The predicted molar refractivity (Wildman–Crippen MR) is 117 cm³/mol. The van der Waals surface area contributed by atoms with Crippen LogP contribution in [0.25, 0.3) is 16.6 Å². The molecule has 7 nitrogen and oxygen atoms in total. The van der Waals surface area contributed by atoms with E-state index < -0.39 is 0 Å². The topological polar surface area (TPSA) is 73.1 Å². The van der Waals surface area contributed by atoms with Crippen molar-refractivity contribution in [3.05, 3.63) is 69.5 Å². The summed E-state index contributed by atoms with van der Waals surface area (Å²) in [6, 6.07) is 7.42. The van der Waals surface area contributed by atoms with Gasteiger partial charge in [0, 0.05) is 34.7 Å². The Bertz CT molecular complexity index is 1180. The first-order valence-corrected chi connectivity index (χ1v) is 10.7. The van der Waals surface area contributed by atoms with E-state index in [0.29, 0.717) is 30.3 Å². The average molecular weight is 442 g/mol. The lowest BCUT2D eigenvalue weighted by Gasteiger charge is -2.18. The van der Waals surface area contributed by atoms with Crippen LogP contribution >= 0.6 is 22.9 Å². The minimum absolute atomic E-state index is 0.301. The molecule has 9 heteroatoms. The number of carbonyl (C=O) groups is 1. The molecular formula is C21H20ClN5O2S. The average Bonchev–Trinajstić information content (AvgIpc) is 3.37. The van der Waals surface area contributed by atoms with E-state index >= 15 is 0 Å². The quantitative estimate of drug-likeness (QED) is 0.397. The maximum atomic E-state index is 12.6. The highest BCUT2D eigenvalue weighted by atomic mass is 35.5. The van der Waals surface area contributed by atoms with E-state index in [1.54, 1.807) is 41.5 Å². The number of ether oxygens (including phenoxy) is 1. The molecule has 0 bridgehead atoms. The molecule has 0 unspecified atom stereocenters. The SMILES string of the molecule is CCOC(=O)c1cnn(-c2ccnc3cc(Cl)ccc23)c1CN(C)Cc1nccs1. The Morgan fingerprint density at radius 2 is 2.10 bits per heavy atom. The Hall–Kier alpha value is -2.81. The Morgan fingerprint density at radius 3 is 2.87 bits per heavy atom. The number of benzene rings is 1. The third kappa shape index (κ3) is 4.21. The third-order valence-electron chi connectivity index (χ3n) is 4.58. The van der Waals surface area contributed by atoms with Gasteiger partial charge in [0.25, 0.3) is 0 Å². The summed E-state index contributed by atoms with van der Waals surface area (Å²) in [6.07, 6.45) is 5.06. The van der Waals surface area contributed by atoms with Crippen LogP contribution in [0, 0.1) is 0 Å². The van der Waals surface area contributed by atoms with Crippen LogP contribution in [0.15, 0.2) is 48.2 Å². The molecule has 0 atom stereocenters. The van der Waals surface area contributed by atoms with Crippen LogP contribution in [0.3, 0.4) is 0 Å². The molecule has 4 rings (SSSR count). The van der Waals surface area contributed by atoms with Gasteiger partial charge in [-0.05, 0) is 38.2 Å². The van der Waals surface area contributed by atoms with Gasteiger partial charge < -0.3 is 4.74 Å². The van der Waals surface area contributed by atoms with Gasteiger partial charge in [0.05, 0.1) is 36.2 Å². The van der Waals surface area contributed by atoms with Gasteiger partial charge in [0.15, 0.2) is 0 Å². The summed E-state index contributed by atoms with van der Waals surface area (Å²) in [7, 11) is 1.98. The number of aromatic nitrogens is 4. The zero-order valence-corrected chi connectivity index (χ0v) is 18.2. The first-order chi connectivity index (χ1) is 14.6. The van der Waals surface area contributed by atoms with Crippen LogP contribution < -0.4 is 0 Å². The largest absolute Gasteiger partial charge is 0.462 e. The lowest BCUT2D eigenvalue weighted by atomic mass is 10.1. The van der Waals surface area contributed by atoms with E-state index in [4.69, 9.17) is 16.3 Å². The van der Waals surface area contributed by atoms with Gasteiger partial charge in [0.2, 0.25) is 0 Å². The highest BCUT2D eigenvalue weighted by molar-refractivity contribution is 7.09. The third-order valence-corrected chi connectivity index (χ3v) is 5.58. The minimum atomic E-state index is -0.386. The van der Waals surface area contributed by atoms with Crippen LogP contribution in [-0.4, -0.2) is 44.3 Å². The van der Waals surface area contributed by atoms with Crippen LogP contribution in [-0.2, 0) is 17.8 Å². The summed E-state index contributed by atoms with van der Waals surface area (Å²) in [5.74, 6) is -0.386. The molecule has 0 fully saturated rings. The lowest BCUT2D eigenvalue weighted by molar-refractivity contribution is 0.0524. The fourth-order valence-electron chi connectivity index (χ4n) is 3.28. The first-order valence-electron chi connectivity index (χ1n) is 9.42. The molecule has 0 aliphatic rings. The van der Waals surface area contributed by atoms with Crippen molar-refractivity contribution in [3.63, 3.8) is 0 Å². The molecule has 0 saturated heterocycles. The van der Waals surface area contributed by atoms with E-state index in [0.717, 1.165) is 27.3 Å². The molecule has 1 aromatic carbocycles. The number of esters is 1. The van der Waals surface area contributed by atoms with Crippen molar-refractivity contribution < 1.29 is 9.53 Å². The van der Waals surface area contributed by atoms with Crippen LogP contribution in [0.1, 0.15) is 28.0 Å². The standard InChI is InChI=1S/C21H20ClN5O2S/c1-3-29-21(28)16-11-25-27(19(16)12-26(2)13-20-24-8-9-30-20)18-6-7-23-17-10-14(22)4-5-15(17)18/h4-11H,3,12-13H2,1-2H3. The first kappa shape index (κ1) is 20.5. The molecule has 0 N–H and O–H groups in total. The Kier molecular flexibility index (Phi) is 6.08. The van der Waals surface area contributed by atoms with Gasteiger partial charge in [0.1, 0.15) is 10.6 Å². The molecule has 0 amide bonds. The number of hydrogen-bond acceptors (Lipinski definition) is 7. The molecule has 4 aromatic rings. The Balaban J connectivity index is 1.77. The van der Waals surface area contributed by atoms with E-state index in [1.807, 2.05) is 36.7 Å². The second-order valence-electron chi connectivity index (χ2n) is 6.73. The Morgan fingerprint density at radius 1 is 1.23 bits per heavy atom. The van der Waals surface area contributed by atoms with Crippen molar-refractivity contribution in [1.82, 2.24) is 24.6 Å². The van der Waals surface area contributed by atoms with E-state index in [2.05, 4.69) is 20.0 Å². The summed E-state index contributed by atoms with van der Waals surface area (Å²) in [5, 5.41) is 8.99. The highest BCUT2D eigenvalue weighted by Crippen LogP contribution is 2.26. The smallest absolute Gasteiger partial charge is 0.341 e. The monoisotopic (exact) mass is 441 g/mol. The number of carbonyl (C=O) groups excluding carboxylic acids is 1. The lowest BCUT2D eigenvalue weighted by Crippen LogP contribution is -2.21. The molecule has 0 saturated carbocycles. The van der Waals surface area contributed by atoms with Crippen molar-refractivity contribution in [2.75, 3.05) is 13.7 Å². The maximum absolute atomic E-state index is 12.6. The van der Waals surface area contributed by atoms with Gasteiger partial charge in [-0.1, -0.05) is 11.6 Å². The molecular weight excluding hydrogens is 422 g/mol. The van der Waals surface area contributed by atoms with Crippen LogP contribution in [0.2, 0.25) is 5.02 Å². The number of halogens is 1. The van der Waals surface area contributed by atoms with Gasteiger partial charge in [-0.2, -0.15) is 5.10 Å². The van der Waals surface area contributed by atoms with Gasteiger partial charge in [-0.3, -0.25) is 9.88 Å². The molecule has 3 aromatic heterocycles. The summed E-state index contributed by atoms with van der Waals surface area (Å²) < 4.78 is 7.04. The Labute approximate surface area is 182 Å². The molecule has 0 aliphatic heterocycles. The fourth-order valence-corrected chi connectivity index (χ4v) is 4.14.